The standard InChI is InChI=1S/C21H21N5O7/c1-25(15-9-18(28)26(21(15)30)14-4-5-16(27)22-20(14)29)10-17-23-19(24-33-17)11-6-12(31-2)8-13(7-11)32-3/h6-9,14H,4-5,10H2,1-3H3,(H,22,27,29). The molecule has 12 heteroatoms. The third-order valence-corrected chi connectivity index (χ3v) is 5.32. The van der Waals surface area contributed by atoms with Gasteiger partial charge in [-0.05, 0) is 18.6 Å². The first-order valence-corrected chi connectivity index (χ1v) is 10.0. The first-order valence-electron chi connectivity index (χ1n) is 10.0. The summed E-state index contributed by atoms with van der Waals surface area (Å²) in [4.78, 5) is 55.5. The molecule has 1 fully saturated rings. The number of piperidine rings is 1. The van der Waals surface area contributed by atoms with Crippen LogP contribution >= 0.6 is 0 Å². The van der Waals surface area contributed by atoms with Crippen LogP contribution in [0.15, 0.2) is 34.5 Å². The first-order chi connectivity index (χ1) is 15.8. The molecule has 1 aromatic heterocycles. The van der Waals surface area contributed by atoms with Crippen molar-refractivity contribution in [2.45, 2.75) is 25.4 Å². The predicted molar refractivity (Wildman–Crippen MR) is 110 cm³/mol. The van der Waals surface area contributed by atoms with Crippen molar-refractivity contribution in [1.29, 1.82) is 0 Å². The Balaban J connectivity index is 1.48. The smallest absolute Gasteiger partial charge is 0.277 e. The van der Waals surface area contributed by atoms with Crippen molar-refractivity contribution in [3.05, 3.63) is 35.9 Å². The van der Waals surface area contributed by atoms with E-state index in [9.17, 15) is 19.2 Å². The van der Waals surface area contributed by atoms with Crippen LogP contribution in [0.4, 0.5) is 0 Å². The van der Waals surface area contributed by atoms with Crippen molar-refractivity contribution < 1.29 is 33.2 Å². The zero-order valence-electron chi connectivity index (χ0n) is 18.2. The Labute approximate surface area is 188 Å². The lowest BCUT2D eigenvalue weighted by molar-refractivity contribution is -0.150. The van der Waals surface area contributed by atoms with E-state index >= 15 is 0 Å². The number of carbonyl (C=O) groups excluding carboxylic acids is 4. The summed E-state index contributed by atoms with van der Waals surface area (Å²) in [6.45, 7) is 0.0438. The fourth-order valence-corrected chi connectivity index (χ4v) is 3.63. The van der Waals surface area contributed by atoms with Gasteiger partial charge >= 0.3 is 0 Å². The Morgan fingerprint density at radius 1 is 1.15 bits per heavy atom. The molecule has 1 N–H and O–H groups in total. The maximum Gasteiger partial charge on any atom is 0.277 e. The third kappa shape index (κ3) is 4.27. The number of hydrogen-bond acceptors (Lipinski definition) is 10. The molecule has 0 aliphatic carbocycles. The number of rotatable bonds is 7. The molecule has 12 nitrogen and oxygen atoms in total. The van der Waals surface area contributed by atoms with Gasteiger partial charge < -0.3 is 18.9 Å². The minimum atomic E-state index is -1.03. The summed E-state index contributed by atoms with van der Waals surface area (Å²) in [7, 11) is 4.64. The zero-order valence-corrected chi connectivity index (χ0v) is 18.2. The number of imide groups is 2. The molecule has 2 aromatic rings. The second-order valence-electron chi connectivity index (χ2n) is 7.48. The minimum Gasteiger partial charge on any atom is -0.497 e. The van der Waals surface area contributed by atoms with Crippen molar-refractivity contribution in [3.8, 4) is 22.9 Å². The van der Waals surface area contributed by atoms with Gasteiger partial charge in [0.2, 0.25) is 23.5 Å². The lowest BCUT2D eigenvalue weighted by atomic mass is 10.0. The van der Waals surface area contributed by atoms with E-state index < -0.39 is 29.7 Å². The molecule has 3 heterocycles. The summed E-state index contributed by atoms with van der Waals surface area (Å²) in [6.07, 6.45) is 1.29. The summed E-state index contributed by atoms with van der Waals surface area (Å²) in [5.41, 5.74) is 0.687. The van der Waals surface area contributed by atoms with Gasteiger partial charge in [-0.15, -0.1) is 0 Å². The van der Waals surface area contributed by atoms with E-state index in [2.05, 4.69) is 15.5 Å². The molecule has 1 unspecified atom stereocenters. The number of carbonyl (C=O) groups is 4. The van der Waals surface area contributed by atoms with Gasteiger partial charge in [-0.25, -0.2) is 0 Å². The van der Waals surface area contributed by atoms with Gasteiger partial charge in [0.05, 0.1) is 20.8 Å². The number of amides is 4. The van der Waals surface area contributed by atoms with Gasteiger partial charge in [0.1, 0.15) is 23.2 Å². The van der Waals surface area contributed by atoms with Crippen molar-refractivity contribution in [2.24, 2.45) is 0 Å². The van der Waals surface area contributed by atoms with Crippen LogP contribution in [0.2, 0.25) is 0 Å². The monoisotopic (exact) mass is 455 g/mol. The van der Waals surface area contributed by atoms with Crippen LogP contribution < -0.4 is 14.8 Å². The highest BCUT2D eigenvalue weighted by molar-refractivity contribution is 6.18. The lowest BCUT2D eigenvalue weighted by Gasteiger charge is -2.29. The number of aromatic nitrogens is 2. The highest BCUT2D eigenvalue weighted by atomic mass is 16.5. The molecular weight excluding hydrogens is 434 g/mol. The van der Waals surface area contributed by atoms with E-state index in [0.717, 1.165) is 11.0 Å². The summed E-state index contributed by atoms with van der Waals surface area (Å²) in [6, 6.07) is 4.13. The Morgan fingerprint density at radius 3 is 2.48 bits per heavy atom. The number of likely N-dealkylation sites (N-methyl/N-ethyl adjacent to an activating group) is 1. The molecule has 1 saturated heterocycles. The van der Waals surface area contributed by atoms with Gasteiger partial charge in [0.25, 0.3) is 11.8 Å². The van der Waals surface area contributed by atoms with Crippen LogP contribution in [0.3, 0.4) is 0 Å². The van der Waals surface area contributed by atoms with Crippen LogP contribution in [0.1, 0.15) is 18.7 Å². The van der Waals surface area contributed by atoms with Gasteiger partial charge in [-0.1, -0.05) is 5.16 Å². The van der Waals surface area contributed by atoms with Crippen LogP contribution in [0, 0.1) is 0 Å². The number of benzene rings is 1. The Hall–Kier alpha value is -4.22. The normalized spacial score (nSPS) is 18.3. The molecule has 4 amide bonds. The lowest BCUT2D eigenvalue weighted by Crippen LogP contribution is -2.54. The maximum atomic E-state index is 12.9. The highest BCUT2D eigenvalue weighted by Gasteiger charge is 2.43. The van der Waals surface area contributed by atoms with E-state index in [1.54, 1.807) is 25.2 Å². The number of ether oxygens (including phenoxy) is 2. The minimum absolute atomic E-state index is 0.0438. The molecule has 1 aromatic carbocycles. The van der Waals surface area contributed by atoms with E-state index in [1.807, 2.05) is 0 Å². The fraction of sp³-hybridized carbons (Fsp3) is 0.333. The number of nitrogens with one attached hydrogen (secondary N) is 1. The maximum absolute atomic E-state index is 12.9. The second kappa shape index (κ2) is 8.73. The Morgan fingerprint density at radius 2 is 1.85 bits per heavy atom. The predicted octanol–water partition coefficient (Wildman–Crippen LogP) is 0.243. The fourth-order valence-electron chi connectivity index (χ4n) is 3.63. The summed E-state index contributed by atoms with van der Waals surface area (Å²) in [5, 5.41) is 6.12. The Kier molecular flexibility index (Phi) is 5.82. The quantitative estimate of drug-likeness (QED) is 0.577. The van der Waals surface area contributed by atoms with Crippen LogP contribution in [-0.4, -0.2) is 70.9 Å². The molecule has 0 spiro atoms. The molecule has 1 atom stereocenters. The third-order valence-electron chi connectivity index (χ3n) is 5.32. The van der Waals surface area contributed by atoms with Gasteiger partial charge in [0, 0.05) is 31.2 Å². The van der Waals surface area contributed by atoms with Crippen molar-refractivity contribution in [2.75, 3.05) is 21.3 Å². The molecular formula is C21H21N5O7. The van der Waals surface area contributed by atoms with Crippen molar-refractivity contribution >= 4 is 23.6 Å². The molecule has 0 radical (unpaired) electrons. The highest BCUT2D eigenvalue weighted by Crippen LogP contribution is 2.29. The van der Waals surface area contributed by atoms with Crippen molar-refractivity contribution in [3.63, 3.8) is 0 Å². The summed E-state index contributed by atoms with van der Waals surface area (Å²) in [5.74, 6) is -0.732. The number of hydrogen-bond donors (Lipinski definition) is 1. The average molecular weight is 455 g/mol. The topological polar surface area (TPSA) is 144 Å². The zero-order chi connectivity index (χ0) is 23.7. The van der Waals surface area contributed by atoms with E-state index in [1.165, 1.54) is 19.1 Å². The van der Waals surface area contributed by atoms with Gasteiger partial charge in [0.15, 0.2) is 0 Å². The molecule has 0 bridgehead atoms. The molecule has 2 aliphatic heterocycles. The summed E-state index contributed by atoms with van der Waals surface area (Å²) < 4.78 is 15.8. The van der Waals surface area contributed by atoms with Crippen LogP contribution in [0.25, 0.3) is 11.4 Å². The molecule has 33 heavy (non-hydrogen) atoms. The van der Waals surface area contributed by atoms with Gasteiger partial charge in [-0.2, -0.15) is 4.98 Å². The second-order valence-corrected chi connectivity index (χ2v) is 7.48. The molecule has 4 rings (SSSR count). The molecule has 0 saturated carbocycles. The molecule has 172 valence electrons. The SMILES string of the molecule is COc1cc(OC)cc(-c2noc(CN(C)C3=CC(=O)N(C4CCC(=O)NC4=O)C3=O)n2)c1. The van der Waals surface area contributed by atoms with Crippen LogP contribution in [0.5, 0.6) is 11.5 Å². The number of methoxy groups -OCH3 is 2. The Bertz CT molecular complexity index is 1150. The average Bonchev–Trinajstić information content (AvgIpc) is 3.38. The van der Waals surface area contributed by atoms with E-state index in [-0.39, 0.29) is 31.0 Å². The van der Waals surface area contributed by atoms with E-state index in [0.29, 0.717) is 22.9 Å². The van der Waals surface area contributed by atoms with E-state index in [4.69, 9.17) is 14.0 Å². The first kappa shape index (κ1) is 22.0. The summed E-state index contributed by atoms with van der Waals surface area (Å²) >= 11 is 0. The van der Waals surface area contributed by atoms with Gasteiger partial charge in [-0.3, -0.25) is 29.4 Å². The molecule has 2 aliphatic rings. The van der Waals surface area contributed by atoms with Crippen molar-refractivity contribution in [1.82, 2.24) is 25.3 Å². The largest absolute Gasteiger partial charge is 0.497 e. The number of nitrogens with zero attached hydrogens (tertiary/aromatic N) is 4. The van der Waals surface area contributed by atoms with Crippen LogP contribution in [-0.2, 0) is 25.7 Å².